The number of nitrogens with zero attached hydrogens (tertiary/aromatic N) is 4. The van der Waals surface area contributed by atoms with Crippen molar-refractivity contribution in [1.82, 2.24) is 14.9 Å². The van der Waals surface area contributed by atoms with Crippen LogP contribution in [0.4, 0.5) is 21.8 Å². The highest BCUT2D eigenvalue weighted by Crippen LogP contribution is 2.22. The molecule has 1 aliphatic heterocycles. The zero-order valence-electron chi connectivity index (χ0n) is 15.4. The van der Waals surface area contributed by atoms with Crippen molar-refractivity contribution in [2.75, 3.05) is 36.4 Å². The fraction of sp³-hybridized carbons (Fsp3) is 0.238. The van der Waals surface area contributed by atoms with Crippen LogP contribution in [-0.4, -0.2) is 41.0 Å². The summed E-state index contributed by atoms with van der Waals surface area (Å²) >= 11 is 5.84. The number of anilines is 3. The second kappa shape index (κ2) is 8.54. The molecule has 0 atom stereocenters. The van der Waals surface area contributed by atoms with Gasteiger partial charge < -0.3 is 10.2 Å². The molecule has 5 nitrogen and oxygen atoms in total. The van der Waals surface area contributed by atoms with E-state index in [0.29, 0.717) is 11.6 Å². The summed E-state index contributed by atoms with van der Waals surface area (Å²) in [5, 5.41) is 3.15. The Kier molecular flexibility index (Phi) is 5.69. The van der Waals surface area contributed by atoms with E-state index in [1.807, 2.05) is 12.1 Å². The molecule has 0 radical (unpaired) electrons. The van der Waals surface area contributed by atoms with Crippen LogP contribution < -0.4 is 10.2 Å². The summed E-state index contributed by atoms with van der Waals surface area (Å²) in [4.78, 5) is 13.6. The molecule has 0 spiro atoms. The zero-order chi connectivity index (χ0) is 19.3. The highest BCUT2D eigenvalue weighted by molar-refractivity contribution is 6.31. The van der Waals surface area contributed by atoms with Crippen molar-refractivity contribution in [3.63, 3.8) is 0 Å². The normalized spacial score (nSPS) is 14.9. The third kappa shape index (κ3) is 4.58. The van der Waals surface area contributed by atoms with E-state index in [1.54, 1.807) is 12.3 Å². The van der Waals surface area contributed by atoms with Crippen molar-refractivity contribution in [2.45, 2.75) is 6.54 Å². The molecule has 1 N–H and O–H groups in total. The summed E-state index contributed by atoms with van der Waals surface area (Å²) in [6, 6.07) is 16.9. The zero-order valence-corrected chi connectivity index (χ0v) is 16.1. The van der Waals surface area contributed by atoms with Crippen LogP contribution in [0.15, 0.2) is 60.8 Å². The van der Waals surface area contributed by atoms with Gasteiger partial charge >= 0.3 is 0 Å². The van der Waals surface area contributed by atoms with Gasteiger partial charge in [0.15, 0.2) is 0 Å². The maximum atomic E-state index is 13.3. The fourth-order valence-corrected chi connectivity index (χ4v) is 3.45. The largest absolute Gasteiger partial charge is 0.354 e. The van der Waals surface area contributed by atoms with E-state index in [-0.39, 0.29) is 5.02 Å². The number of piperazine rings is 1. The van der Waals surface area contributed by atoms with Gasteiger partial charge in [0, 0.05) is 44.6 Å². The quantitative estimate of drug-likeness (QED) is 0.694. The SMILES string of the molecule is Fc1ccc(Nc2nccc(N3CCN(Cc4ccccc4)CC3)n2)cc1Cl. The van der Waals surface area contributed by atoms with Crippen LogP contribution in [0, 0.1) is 5.82 Å². The molecule has 1 saturated heterocycles. The highest BCUT2D eigenvalue weighted by Gasteiger charge is 2.18. The Morgan fingerprint density at radius 1 is 1.00 bits per heavy atom. The lowest BCUT2D eigenvalue weighted by molar-refractivity contribution is 0.249. The molecule has 0 saturated carbocycles. The highest BCUT2D eigenvalue weighted by atomic mass is 35.5. The maximum absolute atomic E-state index is 13.3. The van der Waals surface area contributed by atoms with Crippen LogP contribution in [-0.2, 0) is 6.54 Å². The molecule has 2 heterocycles. The van der Waals surface area contributed by atoms with E-state index in [1.165, 1.54) is 17.7 Å². The number of rotatable bonds is 5. The first-order valence-corrected chi connectivity index (χ1v) is 9.61. The van der Waals surface area contributed by atoms with Gasteiger partial charge in [-0.15, -0.1) is 0 Å². The first-order chi connectivity index (χ1) is 13.7. The molecule has 0 amide bonds. The molecular formula is C21H21ClFN5. The van der Waals surface area contributed by atoms with Crippen LogP contribution in [0.25, 0.3) is 0 Å². The monoisotopic (exact) mass is 397 g/mol. The average Bonchev–Trinajstić information content (AvgIpc) is 2.72. The molecule has 28 heavy (non-hydrogen) atoms. The van der Waals surface area contributed by atoms with Crippen molar-refractivity contribution < 1.29 is 4.39 Å². The summed E-state index contributed by atoms with van der Waals surface area (Å²) in [5.41, 5.74) is 1.98. The number of aromatic nitrogens is 2. The third-order valence-corrected chi connectivity index (χ3v) is 5.05. The van der Waals surface area contributed by atoms with Crippen molar-refractivity contribution in [3.8, 4) is 0 Å². The topological polar surface area (TPSA) is 44.3 Å². The Morgan fingerprint density at radius 3 is 2.54 bits per heavy atom. The fourth-order valence-electron chi connectivity index (χ4n) is 3.27. The number of benzene rings is 2. The van der Waals surface area contributed by atoms with Crippen LogP contribution in [0.5, 0.6) is 0 Å². The van der Waals surface area contributed by atoms with Gasteiger partial charge in [-0.1, -0.05) is 41.9 Å². The van der Waals surface area contributed by atoms with Gasteiger partial charge in [0.2, 0.25) is 5.95 Å². The van der Waals surface area contributed by atoms with Gasteiger partial charge in [-0.25, -0.2) is 9.37 Å². The number of hydrogen-bond donors (Lipinski definition) is 1. The lowest BCUT2D eigenvalue weighted by atomic mass is 10.2. The molecule has 1 aromatic heterocycles. The van der Waals surface area contributed by atoms with Crippen molar-refractivity contribution in [2.24, 2.45) is 0 Å². The van der Waals surface area contributed by atoms with Crippen molar-refractivity contribution in [3.05, 3.63) is 77.2 Å². The molecule has 1 fully saturated rings. The first-order valence-electron chi connectivity index (χ1n) is 9.24. The van der Waals surface area contributed by atoms with E-state index in [0.717, 1.165) is 38.5 Å². The molecule has 144 valence electrons. The predicted molar refractivity (Wildman–Crippen MR) is 111 cm³/mol. The van der Waals surface area contributed by atoms with Crippen LogP contribution in [0.2, 0.25) is 5.02 Å². The maximum Gasteiger partial charge on any atom is 0.229 e. The Bertz CT molecular complexity index is 929. The van der Waals surface area contributed by atoms with Gasteiger partial charge in [0.25, 0.3) is 0 Å². The third-order valence-electron chi connectivity index (χ3n) is 4.76. The predicted octanol–water partition coefficient (Wildman–Crippen LogP) is 4.33. The second-order valence-electron chi connectivity index (χ2n) is 6.74. The minimum absolute atomic E-state index is 0.0655. The average molecular weight is 398 g/mol. The van der Waals surface area contributed by atoms with Gasteiger partial charge in [-0.3, -0.25) is 4.90 Å². The van der Waals surface area contributed by atoms with Gasteiger partial charge in [0.05, 0.1) is 5.02 Å². The Labute approximate surface area is 168 Å². The lowest BCUT2D eigenvalue weighted by Crippen LogP contribution is -2.46. The van der Waals surface area contributed by atoms with E-state index in [4.69, 9.17) is 11.6 Å². The summed E-state index contributed by atoms with van der Waals surface area (Å²) in [5.74, 6) is 0.896. The van der Waals surface area contributed by atoms with E-state index < -0.39 is 5.82 Å². The minimum Gasteiger partial charge on any atom is -0.354 e. The molecule has 0 aliphatic carbocycles. The first kappa shape index (κ1) is 18.7. The number of hydrogen-bond acceptors (Lipinski definition) is 5. The number of nitrogens with one attached hydrogen (secondary N) is 1. The second-order valence-corrected chi connectivity index (χ2v) is 7.15. The summed E-state index contributed by atoms with van der Waals surface area (Å²) < 4.78 is 13.3. The molecule has 0 bridgehead atoms. The van der Waals surface area contributed by atoms with Gasteiger partial charge in [0.1, 0.15) is 11.6 Å². The molecule has 4 rings (SSSR count). The van der Waals surface area contributed by atoms with Crippen molar-refractivity contribution in [1.29, 1.82) is 0 Å². The molecule has 3 aromatic rings. The smallest absolute Gasteiger partial charge is 0.229 e. The van der Waals surface area contributed by atoms with Crippen molar-refractivity contribution >= 4 is 29.1 Å². The molecule has 2 aromatic carbocycles. The van der Waals surface area contributed by atoms with Crippen LogP contribution >= 0.6 is 11.6 Å². The minimum atomic E-state index is -0.449. The number of halogens is 2. The van der Waals surface area contributed by atoms with Gasteiger partial charge in [-0.2, -0.15) is 4.98 Å². The van der Waals surface area contributed by atoms with E-state index in [9.17, 15) is 4.39 Å². The summed E-state index contributed by atoms with van der Waals surface area (Å²) in [6.45, 7) is 4.75. The lowest BCUT2D eigenvalue weighted by Gasteiger charge is -2.35. The van der Waals surface area contributed by atoms with Crippen LogP contribution in [0.1, 0.15) is 5.56 Å². The Morgan fingerprint density at radius 2 is 1.79 bits per heavy atom. The summed E-state index contributed by atoms with van der Waals surface area (Å²) in [6.07, 6.45) is 1.73. The van der Waals surface area contributed by atoms with E-state index in [2.05, 4.69) is 49.4 Å². The van der Waals surface area contributed by atoms with E-state index >= 15 is 0 Å². The Balaban J connectivity index is 1.37. The summed E-state index contributed by atoms with van der Waals surface area (Å²) in [7, 11) is 0. The molecular weight excluding hydrogens is 377 g/mol. The standard InChI is InChI=1S/C21H21ClFN5/c22-18-14-17(6-7-19(18)23)25-21-24-9-8-20(26-21)28-12-10-27(11-13-28)15-16-4-2-1-3-5-16/h1-9,14H,10-13,15H2,(H,24,25,26). The molecule has 7 heteroatoms. The molecule has 1 aliphatic rings. The Hall–Kier alpha value is -2.70. The van der Waals surface area contributed by atoms with Crippen LogP contribution in [0.3, 0.4) is 0 Å². The van der Waals surface area contributed by atoms with Gasteiger partial charge in [-0.05, 0) is 29.8 Å². The molecule has 0 unspecified atom stereocenters.